The molecule has 1 aromatic rings. The Morgan fingerprint density at radius 3 is 2.36 bits per heavy atom. The van der Waals surface area contributed by atoms with Crippen LogP contribution in [0.1, 0.15) is 40.5 Å². The minimum atomic E-state index is -0.228. The fourth-order valence-electron chi connectivity index (χ4n) is 2.89. The molecule has 0 bridgehead atoms. The van der Waals surface area contributed by atoms with Gasteiger partial charge in [0.1, 0.15) is 0 Å². The lowest BCUT2D eigenvalue weighted by Crippen LogP contribution is -2.53. The van der Waals surface area contributed by atoms with Crippen molar-refractivity contribution in [2.45, 2.75) is 64.8 Å². The molecule has 0 radical (unpaired) electrons. The van der Waals surface area contributed by atoms with E-state index in [9.17, 15) is 4.79 Å². The molecule has 1 N–H and O–H groups in total. The molecule has 0 saturated carbocycles. The number of anilines is 1. The molecule has 1 aromatic heterocycles. The average molecular weight is 371 g/mol. The zero-order valence-corrected chi connectivity index (χ0v) is 15.0. The summed E-state index contributed by atoms with van der Waals surface area (Å²) in [7, 11) is 0. The van der Waals surface area contributed by atoms with Crippen molar-refractivity contribution in [1.82, 2.24) is 14.9 Å². The van der Waals surface area contributed by atoms with Crippen molar-refractivity contribution < 1.29 is 9.53 Å². The van der Waals surface area contributed by atoms with Crippen LogP contribution in [0.2, 0.25) is 0 Å². The third-order valence-electron chi connectivity index (χ3n) is 3.70. The van der Waals surface area contributed by atoms with Crippen LogP contribution in [0, 0.1) is 0 Å². The highest BCUT2D eigenvalue weighted by Gasteiger charge is 2.35. The predicted molar refractivity (Wildman–Crippen MR) is 88.8 cm³/mol. The molecule has 122 valence electrons. The number of nitrogens with zero attached hydrogens (tertiary/aromatic N) is 3. The van der Waals surface area contributed by atoms with Gasteiger partial charge in [0.15, 0.2) is 0 Å². The highest BCUT2D eigenvalue weighted by molar-refractivity contribution is 9.10. The summed E-state index contributed by atoms with van der Waals surface area (Å²) in [4.78, 5) is 22.5. The smallest absolute Gasteiger partial charge is 0.410 e. The maximum atomic E-state index is 12.2. The van der Waals surface area contributed by atoms with Crippen LogP contribution >= 0.6 is 15.9 Å². The minimum Gasteiger partial charge on any atom is -0.447 e. The van der Waals surface area contributed by atoms with Crippen molar-refractivity contribution in [1.29, 1.82) is 0 Å². The minimum absolute atomic E-state index is 0.0982. The topological polar surface area (TPSA) is 67.3 Å². The Kier molecular flexibility index (Phi) is 5.61. The Bertz CT molecular complexity index is 497. The van der Waals surface area contributed by atoms with Crippen molar-refractivity contribution in [3.63, 3.8) is 0 Å². The number of hydrogen-bond acceptors (Lipinski definition) is 5. The number of carbonyl (C=O) groups is 1. The first-order chi connectivity index (χ1) is 10.4. The van der Waals surface area contributed by atoms with Crippen LogP contribution in [0.4, 0.5) is 10.7 Å². The third kappa shape index (κ3) is 4.32. The summed E-state index contributed by atoms with van der Waals surface area (Å²) in [6.45, 7) is 7.83. The van der Waals surface area contributed by atoms with E-state index in [-0.39, 0.29) is 30.3 Å². The van der Waals surface area contributed by atoms with Gasteiger partial charge < -0.3 is 15.0 Å². The average Bonchev–Trinajstić information content (AvgIpc) is 2.39. The summed E-state index contributed by atoms with van der Waals surface area (Å²) in [5.74, 6) is 0.616. The molecular weight excluding hydrogens is 348 g/mol. The van der Waals surface area contributed by atoms with Crippen molar-refractivity contribution >= 4 is 28.0 Å². The first kappa shape index (κ1) is 17.0. The SMILES string of the molecule is CC(C)OC(=O)N1[C@H](C)C[C@H](Nc2ncc(Br)cn2)C[C@@H]1C. The number of aromatic nitrogens is 2. The number of carbonyl (C=O) groups excluding carboxylic acids is 1. The van der Waals surface area contributed by atoms with E-state index in [0.29, 0.717) is 5.95 Å². The Labute approximate surface area is 139 Å². The molecule has 0 aromatic carbocycles. The highest BCUT2D eigenvalue weighted by atomic mass is 79.9. The summed E-state index contributed by atoms with van der Waals surface area (Å²) in [6, 6.07) is 0.472. The number of nitrogens with one attached hydrogen (secondary N) is 1. The maximum absolute atomic E-state index is 12.2. The number of amides is 1. The molecule has 1 saturated heterocycles. The predicted octanol–water partition coefficient (Wildman–Crippen LogP) is 3.44. The third-order valence-corrected chi connectivity index (χ3v) is 4.11. The molecular formula is C15H23BrN4O2. The van der Waals surface area contributed by atoms with Crippen LogP contribution in [-0.2, 0) is 4.74 Å². The van der Waals surface area contributed by atoms with E-state index in [2.05, 4.69) is 31.2 Å². The summed E-state index contributed by atoms with van der Waals surface area (Å²) in [5.41, 5.74) is 0. The number of hydrogen-bond donors (Lipinski definition) is 1. The largest absolute Gasteiger partial charge is 0.447 e. The van der Waals surface area contributed by atoms with Gasteiger partial charge in [-0.2, -0.15) is 0 Å². The van der Waals surface area contributed by atoms with Gasteiger partial charge in [0.25, 0.3) is 0 Å². The summed E-state index contributed by atoms with van der Waals surface area (Å²) in [6.07, 6.45) is 4.80. The Balaban J connectivity index is 1.97. The first-order valence-corrected chi connectivity index (χ1v) is 8.39. The molecule has 22 heavy (non-hydrogen) atoms. The molecule has 6 nitrogen and oxygen atoms in total. The Morgan fingerprint density at radius 2 is 1.86 bits per heavy atom. The maximum Gasteiger partial charge on any atom is 0.410 e. The van der Waals surface area contributed by atoms with Gasteiger partial charge in [-0.1, -0.05) is 0 Å². The number of piperidine rings is 1. The van der Waals surface area contributed by atoms with Gasteiger partial charge in [0, 0.05) is 30.5 Å². The molecule has 3 atom stereocenters. The molecule has 0 spiro atoms. The van der Waals surface area contributed by atoms with Crippen molar-refractivity contribution in [2.75, 3.05) is 5.32 Å². The number of ether oxygens (including phenoxy) is 1. The summed E-state index contributed by atoms with van der Waals surface area (Å²) in [5, 5.41) is 3.35. The van der Waals surface area contributed by atoms with E-state index >= 15 is 0 Å². The van der Waals surface area contributed by atoms with Crippen LogP contribution < -0.4 is 5.32 Å². The van der Waals surface area contributed by atoms with Gasteiger partial charge in [-0.05, 0) is 56.5 Å². The fraction of sp³-hybridized carbons (Fsp3) is 0.667. The van der Waals surface area contributed by atoms with Gasteiger partial charge in [-0.15, -0.1) is 0 Å². The molecule has 2 rings (SSSR count). The number of halogens is 1. The van der Waals surface area contributed by atoms with Gasteiger partial charge in [-0.25, -0.2) is 14.8 Å². The number of likely N-dealkylation sites (tertiary alicyclic amines) is 1. The molecule has 1 amide bonds. The van der Waals surface area contributed by atoms with Gasteiger partial charge in [-0.3, -0.25) is 0 Å². The fourth-order valence-corrected chi connectivity index (χ4v) is 3.10. The quantitative estimate of drug-likeness (QED) is 0.882. The van der Waals surface area contributed by atoms with Gasteiger partial charge in [0.05, 0.1) is 10.6 Å². The van der Waals surface area contributed by atoms with Crippen LogP contribution in [0.5, 0.6) is 0 Å². The van der Waals surface area contributed by atoms with Gasteiger partial charge in [0.2, 0.25) is 5.95 Å². The molecule has 7 heteroatoms. The van der Waals surface area contributed by atoms with E-state index in [0.717, 1.165) is 17.3 Å². The van der Waals surface area contributed by atoms with Crippen LogP contribution in [-0.4, -0.2) is 45.2 Å². The Morgan fingerprint density at radius 1 is 1.32 bits per heavy atom. The zero-order valence-electron chi connectivity index (χ0n) is 13.4. The van der Waals surface area contributed by atoms with E-state index in [4.69, 9.17) is 4.74 Å². The molecule has 2 heterocycles. The van der Waals surface area contributed by atoms with Crippen molar-refractivity contribution in [3.8, 4) is 0 Å². The van der Waals surface area contributed by atoms with Crippen LogP contribution in [0.3, 0.4) is 0 Å². The van der Waals surface area contributed by atoms with Crippen LogP contribution in [0.15, 0.2) is 16.9 Å². The summed E-state index contributed by atoms with van der Waals surface area (Å²) >= 11 is 3.32. The molecule has 0 aliphatic carbocycles. The lowest BCUT2D eigenvalue weighted by Gasteiger charge is -2.42. The van der Waals surface area contributed by atoms with Crippen LogP contribution in [0.25, 0.3) is 0 Å². The lowest BCUT2D eigenvalue weighted by atomic mass is 9.93. The van der Waals surface area contributed by atoms with Gasteiger partial charge >= 0.3 is 6.09 Å². The van der Waals surface area contributed by atoms with E-state index in [1.54, 1.807) is 12.4 Å². The van der Waals surface area contributed by atoms with E-state index in [1.807, 2.05) is 32.6 Å². The first-order valence-electron chi connectivity index (χ1n) is 7.59. The molecule has 0 unspecified atom stereocenters. The van der Waals surface area contributed by atoms with Crippen molar-refractivity contribution in [2.24, 2.45) is 0 Å². The highest BCUT2D eigenvalue weighted by Crippen LogP contribution is 2.26. The summed E-state index contributed by atoms with van der Waals surface area (Å²) < 4.78 is 6.19. The second-order valence-electron chi connectivity index (χ2n) is 6.08. The van der Waals surface area contributed by atoms with Crippen molar-refractivity contribution in [3.05, 3.63) is 16.9 Å². The normalized spacial score (nSPS) is 25.2. The molecule has 1 fully saturated rings. The monoisotopic (exact) mass is 370 g/mol. The number of rotatable bonds is 3. The molecule has 1 aliphatic heterocycles. The lowest BCUT2D eigenvalue weighted by molar-refractivity contribution is 0.0357. The standard InChI is InChI=1S/C15H23BrN4O2/c1-9(2)22-15(21)20-10(3)5-13(6-11(20)4)19-14-17-7-12(16)8-18-14/h7-11,13H,5-6H2,1-4H3,(H,17,18,19)/t10-,11+,13+. The van der Waals surface area contributed by atoms with E-state index < -0.39 is 0 Å². The molecule has 1 aliphatic rings. The second kappa shape index (κ2) is 7.26. The Hall–Kier alpha value is -1.37. The van der Waals surface area contributed by atoms with E-state index in [1.165, 1.54) is 0 Å². The second-order valence-corrected chi connectivity index (χ2v) is 6.99. The zero-order chi connectivity index (χ0) is 16.3.